The van der Waals surface area contributed by atoms with E-state index in [4.69, 9.17) is 13.9 Å². The van der Waals surface area contributed by atoms with Crippen molar-refractivity contribution in [3.63, 3.8) is 0 Å². The molecule has 7 nitrogen and oxygen atoms in total. The van der Waals surface area contributed by atoms with E-state index in [9.17, 15) is 9.18 Å². The Morgan fingerprint density at radius 1 is 1.17 bits per heavy atom. The van der Waals surface area contributed by atoms with Crippen molar-refractivity contribution in [3.05, 3.63) is 54.3 Å². The molecule has 1 aliphatic rings. The van der Waals surface area contributed by atoms with Crippen LogP contribution in [0.15, 0.2) is 58.2 Å². The maximum atomic E-state index is 13.0. The van der Waals surface area contributed by atoms with E-state index in [1.807, 2.05) is 24.3 Å². The van der Waals surface area contributed by atoms with Crippen LogP contribution in [0.2, 0.25) is 0 Å². The number of ether oxygens (including phenoxy) is 2. The van der Waals surface area contributed by atoms with Gasteiger partial charge in [-0.1, -0.05) is 23.9 Å². The predicted octanol–water partition coefficient (Wildman–Crippen LogP) is 3.27. The van der Waals surface area contributed by atoms with E-state index < -0.39 is 0 Å². The van der Waals surface area contributed by atoms with Gasteiger partial charge < -0.3 is 18.8 Å². The van der Waals surface area contributed by atoms with Gasteiger partial charge in [0.1, 0.15) is 12.4 Å². The van der Waals surface area contributed by atoms with Gasteiger partial charge in [0.2, 0.25) is 11.8 Å². The Kier molecular flexibility index (Phi) is 5.66. The number of halogens is 1. The third-order valence-corrected chi connectivity index (χ3v) is 5.09. The number of benzene rings is 2. The van der Waals surface area contributed by atoms with Crippen molar-refractivity contribution in [1.82, 2.24) is 15.1 Å². The first-order valence-electron chi connectivity index (χ1n) is 8.93. The first kappa shape index (κ1) is 19.3. The SMILES string of the molecule is CN(C[C@@H]1COc2ccccc2O1)C(=O)CSc1nnc(-c2ccc(F)cc2)o1. The number of rotatable bonds is 6. The van der Waals surface area contributed by atoms with E-state index in [-0.39, 0.29) is 34.7 Å². The summed E-state index contributed by atoms with van der Waals surface area (Å²) >= 11 is 1.15. The van der Waals surface area contributed by atoms with Crippen molar-refractivity contribution >= 4 is 17.7 Å². The number of amides is 1. The van der Waals surface area contributed by atoms with Gasteiger partial charge in [-0.15, -0.1) is 10.2 Å². The molecule has 0 unspecified atom stereocenters. The second-order valence-electron chi connectivity index (χ2n) is 6.44. The van der Waals surface area contributed by atoms with Gasteiger partial charge in [-0.25, -0.2) is 4.39 Å². The summed E-state index contributed by atoms with van der Waals surface area (Å²) in [5.74, 6) is 1.37. The number of thioether (sulfide) groups is 1. The lowest BCUT2D eigenvalue weighted by atomic mass is 10.2. The first-order chi connectivity index (χ1) is 14.1. The van der Waals surface area contributed by atoms with Crippen LogP contribution in [-0.4, -0.2) is 53.1 Å². The summed E-state index contributed by atoms with van der Waals surface area (Å²) in [6.45, 7) is 0.783. The number of nitrogens with zero attached hydrogens (tertiary/aromatic N) is 3. The monoisotopic (exact) mass is 415 g/mol. The fourth-order valence-corrected chi connectivity index (χ4v) is 3.47. The Balaban J connectivity index is 1.28. The van der Waals surface area contributed by atoms with E-state index in [0.29, 0.717) is 30.2 Å². The average Bonchev–Trinajstić information content (AvgIpc) is 3.21. The smallest absolute Gasteiger partial charge is 0.277 e. The molecule has 0 saturated heterocycles. The number of hydrogen-bond donors (Lipinski definition) is 0. The van der Waals surface area contributed by atoms with Crippen LogP contribution in [-0.2, 0) is 4.79 Å². The lowest BCUT2D eigenvalue weighted by Crippen LogP contribution is -2.42. The zero-order valence-electron chi connectivity index (χ0n) is 15.6. The van der Waals surface area contributed by atoms with E-state index >= 15 is 0 Å². The van der Waals surface area contributed by atoms with E-state index in [1.165, 1.54) is 12.1 Å². The van der Waals surface area contributed by atoms with Crippen LogP contribution >= 0.6 is 11.8 Å². The number of carbonyl (C=O) groups is 1. The quantitative estimate of drug-likeness (QED) is 0.572. The zero-order valence-corrected chi connectivity index (χ0v) is 16.4. The third-order valence-electron chi connectivity index (χ3n) is 4.29. The second kappa shape index (κ2) is 8.52. The van der Waals surface area contributed by atoms with Gasteiger partial charge in [-0.3, -0.25) is 4.79 Å². The van der Waals surface area contributed by atoms with E-state index in [0.717, 1.165) is 11.8 Å². The number of carbonyl (C=O) groups excluding carboxylic acids is 1. The molecule has 1 aromatic heterocycles. The van der Waals surface area contributed by atoms with Gasteiger partial charge in [0, 0.05) is 12.6 Å². The van der Waals surface area contributed by atoms with Crippen molar-refractivity contribution in [2.75, 3.05) is 26.0 Å². The van der Waals surface area contributed by atoms with Crippen molar-refractivity contribution < 1.29 is 23.1 Å². The molecule has 1 aliphatic heterocycles. The summed E-state index contributed by atoms with van der Waals surface area (Å²) in [5.41, 5.74) is 0.615. The molecule has 0 spiro atoms. The molecule has 0 radical (unpaired) electrons. The average molecular weight is 415 g/mol. The summed E-state index contributed by atoms with van der Waals surface area (Å²) in [7, 11) is 1.71. The molecule has 1 atom stereocenters. The normalized spacial score (nSPS) is 15.2. The van der Waals surface area contributed by atoms with Crippen LogP contribution in [0.25, 0.3) is 11.5 Å². The van der Waals surface area contributed by atoms with E-state index in [2.05, 4.69) is 10.2 Å². The Labute approximate surface area is 170 Å². The highest BCUT2D eigenvalue weighted by Crippen LogP contribution is 2.31. The second-order valence-corrected chi connectivity index (χ2v) is 7.37. The standard InChI is InChI=1S/C20H18FN3O4S/c1-24(10-15-11-26-16-4-2-3-5-17(16)27-15)18(25)12-29-20-23-22-19(28-20)13-6-8-14(21)9-7-13/h2-9,15H,10-12H2,1H3/t15-/m1/s1. The molecular formula is C20H18FN3O4S. The van der Waals surface area contributed by atoms with Crippen LogP contribution in [0.5, 0.6) is 11.5 Å². The van der Waals surface area contributed by atoms with Gasteiger partial charge in [-0.05, 0) is 36.4 Å². The topological polar surface area (TPSA) is 77.7 Å². The minimum absolute atomic E-state index is 0.0982. The minimum Gasteiger partial charge on any atom is -0.486 e. The molecular weight excluding hydrogens is 397 g/mol. The molecule has 0 N–H and O–H groups in total. The highest BCUT2D eigenvalue weighted by Gasteiger charge is 2.24. The molecule has 0 saturated carbocycles. The Morgan fingerprint density at radius 2 is 1.93 bits per heavy atom. The van der Waals surface area contributed by atoms with Gasteiger partial charge >= 0.3 is 0 Å². The van der Waals surface area contributed by atoms with Crippen LogP contribution < -0.4 is 9.47 Å². The van der Waals surface area contributed by atoms with Crippen molar-refractivity contribution in [2.45, 2.75) is 11.3 Å². The summed E-state index contributed by atoms with van der Waals surface area (Å²) in [5, 5.41) is 8.13. The largest absolute Gasteiger partial charge is 0.486 e. The van der Waals surface area contributed by atoms with Crippen LogP contribution in [0.3, 0.4) is 0 Å². The summed E-state index contributed by atoms with van der Waals surface area (Å²) in [6, 6.07) is 13.2. The molecule has 2 aromatic carbocycles. The number of hydrogen-bond acceptors (Lipinski definition) is 7. The van der Waals surface area contributed by atoms with Gasteiger partial charge in [-0.2, -0.15) is 0 Å². The first-order valence-corrected chi connectivity index (χ1v) is 9.92. The fraction of sp³-hybridized carbons (Fsp3) is 0.250. The van der Waals surface area contributed by atoms with Gasteiger partial charge in [0.15, 0.2) is 17.6 Å². The lowest BCUT2D eigenvalue weighted by Gasteiger charge is -2.29. The minimum atomic E-state index is -0.340. The Bertz CT molecular complexity index is 995. The highest BCUT2D eigenvalue weighted by atomic mass is 32.2. The number of aromatic nitrogens is 2. The highest BCUT2D eigenvalue weighted by molar-refractivity contribution is 7.99. The predicted molar refractivity (Wildman–Crippen MR) is 104 cm³/mol. The fourth-order valence-electron chi connectivity index (χ4n) is 2.77. The molecule has 4 rings (SSSR count). The van der Waals surface area contributed by atoms with Crippen LogP contribution in [0.1, 0.15) is 0 Å². The molecule has 0 fully saturated rings. The molecule has 2 heterocycles. The molecule has 1 amide bonds. The Hall–Kier alpha value is -3.07. The Morgan fingerprint density at radius 3 is 2.72 bits per heavy atom. The molecule has 9 heteroatoms. The van der Waals surface area contributed by atoms with Crippen molar-refractivity contribution in [3.8, 4) is 23.0 Å². The molecule has 29 heavy (non-hydrogen) atoms. The van der Waals surface area contributed by atoms with Crippen LogP contribution in [0.4, 0.5) is 4.39 Å². The van der Waals surface area contributed by atoms with Gasteiger partial charge in [0.05, 0.1) is 12.3 Å². The van der Waals surface area contributed by atoms with Gasteiger partial charge in [0.25, 0.3) is 5.22 Å². The maximum absolute atomic E-state index is 13.0. The van der Waals surface area contributed by atoms with Crippen molar-refractivity contribution in [1.29, 1.82) is 0 Å². The number of fused-ring (bicyclic) bond motifs is 1. The summed E-state index contributed by atoms with van der Waals surface area (Å²) in [4.78, 5) is 14.0. The maximum Gasteiger partial charge on any atom is 0.277 e. The third kappa shape index (κ3) is 4.68. The molecule has 150 valence electrons. The van der Waals surface area contributed by atoms with Crippen molar-refractivity contribution in [2.24, 2.45) is 0 Å². The zero-order chi connectivity index (χ0) is 20.2. The van der Waals surface area contributed by atoms with Crippen LogP contribution in [0, 0.1) is 5.82 Å². The lowest BCUT2D eigenvalue weighted by molar-refractivity contribution is -0.128. The molecule has 0 aliphatic carbocycles. The summed E-state index contributed by atoms with van der Waals surface area (Å²) < 4.78 is 30.1. The number of likely N-dealkylation sites (N-methyl/N-ethyl adjacent to an activating group) is 1. The molecule has 0 bridgehead atoms. The molecule has 3 aromatic rings. The van der Waals surface area contributed by atoms with E-state index in [1.54, 1.807) is 24.1 Å². The summed E-state index contributed by atoms with van der Waals surface area (Å²) in [6.07, 6.45) is -0.239. The number of para-hydroxylation sites is 2.